The molecule has 1 saturated heterocycles. The second-order valence-electron chi connectivity index (χ2n) is 9.44. The molecule has 0 saturated carbocycles. The summed E-state index contributed by atoms with van der Waals surface area (Å²) in [6.45, 7) is 5.96. The molecule has 5 rings (SSSR count). The van der Waals surface area contributed by atoms with E-state index in [2.05, 4.69) is 11.6 Å². The number of methoxy groups -OCH3 is 2. The lowest BCUT2D eigenvalue weighted by molar-refractivity contribution is -0.103. The van der Waals surface area contributed by atoms with Crippen molar-refractivity contribution in [2.75, 3.05) is 52.8 Å². The van der Waals surface area contributed by atoms with Crippen LogP contribution < -0.4 is 24.1 Å². The molecule has 2 aromatic rings. The number of nitrogens with zero attached hydrogens (tertiary/aromatic N) is 4. The molecule has 0 N–H and O–H groups in total. The highest BCUT2D eigenvalue weighted by molar-refractivity contribution is 6.04. The van der Waals surface area contributed by atoms with Gasteiger partial charge in [-0.1, -0.05) is 12.2 Å². The average Bonchev–Trinajstić information content (AvgIpc) is 3.23. The van der Waals surface area contributed by atoms with Gasteiger partial charge in [0.15, 0.2) is 11.5 Å². The first-order valence-electron chi connectivity index (χ1n) is 12.1. The lowest BCUT2D eigenvalue weighted by atomic mass is 10.1. The maximum absolute atomic E-state index is 13.2. The van der Waals surface area contributed by atoms with Gasteiger partial charge in [0, 0.05) is 52.1 Å². The van der Waals surface area contributed by atoms with Gasteiger partial charge in [0.25, 0.3) is 11.8 Å². The number of benzene rings is 2. The molecule has 1 atom stereocenters. The van der Waals surface area contributed by atoms with Gasteiger partial charge in [0.05, 0.1) is 42.8 Å². The van der Waals surface area contributed by atoms with E-state index < -0.39 is 0 Å². The van der Waals surface area contributed by atoms with Crippen LogP contribution in [0.4, 0.5) is 11.4 Å². The molecule has 3 aliphatic heterocycles. The Hall–Kier alpha value is -4.21. The monoisotopic (exact) mass is 506 g/mol. The Balaban J connectivity index is 1.46. The van der Waals surface area contributed by atoms with Crippen LogP contribution in [0.25, 0.3) is 0 Å². The average molecular weight is 507 g/mol. The number of amides is 2. The van der Waals surface area contributed by atoms with Crippen molar-refractivity contribution in [2.45, 2.75) is 18.9 Å². The lowest BCUT2D eigenvalue weighted by Gasteiger charge is -2.29. The molecular formula is C27H30N4O6. The summed E-state index contributed by atoms with van der Waals surface area (Å²) in [5.74, 6) is 0.972. The third kappa shape index (κ3) is 4.43. The van der Waals surface area contributed by atoms with E-state index in [-0.39, 0.29) is 23.6 Å². The first-order valence-corrected chi connectivity index (χ1v) is 12.1. The maximum atomic E-state index is 13.2. The fraction of sp³-hybridized carbons (Fsp3) is 0.370. The molecule has 0 spiro atoms. The Morgan fingerprint density at radius 2 is 1.51 bits per heavy atom. The lowest BCUT2D eigenvalue weighted by Crippen LogP contribution is -2.35. The van der Waals surface area contributed by atoms with E-state index in [1.165, 1.54) is 14.2 Å². The maximum Gasteiger partial charge on any atom is 0.257 e. The number of hydrogen-bond acceptors (Lipinski definition) is 8. The quantitative estimate of drug-likeness (QED) is 0.348. The van der Waals surface area contributed by atoms with Gasteiger partial charge >= 0.3 is 0 Å². The molecule has 3 heterocycles. The van der Waals surface area contributed by atoms with E-state index in [4.69, 9.17) is 19.2 Å². The molecule has 0 radical (unpaired) electrons. The van der Waals surface area contributed by atoms with Crippen molar-refractivity contribution >= 4 is 29.4 Å². The van der Waals surface area contributed by atoms with Crippen molar-refractivity contribution in [1.82, 2.24) is 9.80 Å². The molecular weight excluding hydrogens is 476 g/mol. The molecule has 0 aliphatic carbocycles. The molecule has 0 aromatic heterocycles. The molecule has 10 heteroatoms. The van der Waals surface area contributed by atoms with Crippen LogP contribution in [0.5, 0.6) is 23.0 Å². The SMILES string of the molecule is C=C1C[C@H]2C=Nc3cc(OOc4cc5c(cc4OC)C(=O)N(C)CCCN5C)c(OC)cc3C(=O)N2C1. The fourth-order valence-corrected chi connectivity index (χ4v) is 4.88. The van der Waals surface area contributed by atoms with Gasteiger partial charge in [-0.05, 0) is 25.0 Å². The number of anilines is 1. The van der Waals surface area contributed by atoms with Crippen LogP contribution in [-0.4, -0.2) is 81.8 Å². The predicted octanol–water partition coefficient (Wildman–Crippen LogP) is 3.48. The molecule has 2 amide bonds. The van der Waals surface area contributed by atoms with Gasteiger partial charge in [0.2, 0.25) is 11.5 Å². The van der Waals surface area contributed by atoms with Gasteiger partial charge in [-0.25, -0.2) is 0 Å². The van der Waals surface area contributed by atoms with Gasteiger partial charge in [-0.15, -0.1) is 0 Å². The Labute approximate surface area is 215 Å². The third-order valence-corrected chi connectivity index (χ3v) is 6.93. The predicted molar refractivity (Wildman–Crippen MR) is 139 cm³/mol. The highest BCUT2D eigenvalue weighted by Gasteiger charge is 2.34. The smallest absolute Gasteiger partial charge is 0.257 e. The Morgan fingerprint density at radius 3 is 2.22 bits per heavy atom. The van der Waals surface area contributed by atoms with Crippen molar-refractivity contribution < 1.29 is 28.8 Å². The normalized spacial score (nSPS) is 19.0. The molecule has 2 aromatic carbocycles. The Kier molecular flexibility index (Phi) is 6.41. The molecule has 0 bridgehead atoms. The van der Waals surface area contributed by atoms with Crippen molar-refractivity contribution in [1.29, 1.82) is 0 Å². The van der Waals surface area contributed by atoms with Gasteiger partial charge < -0.3 is 24.2 Å². The topological polar surface area (TPSA) is 93.1 Å². The highest BCUT2D eigenvalue weighted by atomic mass is 17.2. The number of carbonyl (C=O) groups is 2. The molecule has 1 fully saturated rings. The largest absolute Gasteiger partial charge is 0.493 e. The number of aliphatic imine (C=N–C) groups is 1. The summed E-state index contributed by atoms with van der Waals surface area (Å²) in [5, 5.41) is 0. The van der Waals surface area contributed by atoms with E-state index in [9.17, 15) is 9.59 Å². The number of hydrogen-bond donors (Lipinski definition) is 0. The number of rotatable bonds is 5. The summed E-state index contributed by atoms with van der Waals surface area (Å²) in [7, 11) is 6.71. The third-order valence-electron chi connectivity index (χ3n) is 6.93. The van der Waals surface area contributed by atoms with Crippen LogP contribution in [0, 0.1) is 0 Å². The second-order valence-corrected chi connectivity index (χ2v) is 9.44. The van der Waals surface area contributed by atoms with E-state index in [1.54, 1.807) is 47.3 Å². The van der Waals surface area contributed by atoms with Crippen molar-refractivity contribution in [3.8, 4) is 23.0 Å². The summed E-state index contributed by atoms with van der Waals surface area (Å²) in [4.78, 5) is 47.6. The van der Waals surface area contributed by atoms with Crippen molar-refractivity contribution in [2.24, 2.45) is 4.99 Å². The first-order chi connectivity index (χ1) is 17.8. The second kappa shape index (κ2) is 9.68. The number of fused-ring (bicyclic) bond motifs is 3. The highest BCUT2D eigenvalue weighted by Crippen LogP contribution is 2.41. The first kappa shape index (κ1) is 24.5. The molecule has 3 aliphatic rings. The van der Waals surface area contributed by atoms with E-state index in [0.29, 0.717) is 59.3 Å². The molecule has 0 unspecified atom stereocenters. The minimum Gasteiger partial charge on any atom is -0.493 e. The van der Waals surface area contributed by atoms with Gasteiger partial charge in [-0.2, -0.15) is 0 Å². The van der Waals surface area contributed by atoms with Crippen molar-refractivity contribution in [3.63, 3.8) is 0 Å². The zero-order valence-corrected chi connectivity index (χ0v) is 21.4. The summed E-state index contributed by atoms with van der Waals surface area (Å²) in [5.41, 5.74) is 3.11. The summed E-state index contributed by atoms with van der Waals surface area (Å²) in [6.07, 6.45) is 3.30. The van der Waals surface area contributed by atoms with Crippen LogP contribution in [0.3, 0.4) is 0 Å². The van der Waals surface area contributed by atoms with E-state index in [0.717, 1.165) is 18.5 Å². The minimum atomic E-state index is -0.136. The fourth-order valence-electron chi connectivity index (χ4n) is 4.88. The van der Waals surface area contributed by atoms with Crippen molar-refractivity contribution in [3.05, 3.63) is 47.5 Å². The zero-order chi connectivity index (χ0) is 26.3. The standard InChI is InChI=1S/C27H30N4O6/c1-16-9-17-14-28-20-12-24(22(34-4)10-18(20)27(33)31(17)15-16)36-37-25-13-21-19(11-23(25)35-5)26(32)30(3)8-6-7-29(21)2/h10-14,17H,1,6-9,15H2,2-5H3/t17-/m0/s1. The van der Waals surface area contributed by atoms with Crippen LogP contribution in [0.1, 0.15) is 33.6 Å². The van der Waals surface area contributed by atoms with Crippen LogP contribution in [-0.2, 0) is 0 Å². The molecule has 194 valence electrons. The number of ether oxygens (including phenoxy) is 2. The Bertz CT molecular complexity index is 1310. The van der Waals surface area contributed by atoms with Crippen LogP contribution in [0.15, 0.2) is 41.4 Å². The zero-order valence-electron chi connectivity index (χ0n) is 21.4. The van der Waals surface area contributed by atoms with E-state index in [1.807, 2.05) is 11.9 Å². The Morgan fingerprint density at radius 1 is 0.865 bits per heavy atom. The van der Waals surface area contributed by atoms with Gasteiger partial charge in [0.1, 0.15) is 0 Å². The van der Waals surface area contributed by atoms with Crippen LogP contribution in [0.2, 0.25) is 0 Å². The van der Waals surface area contributed by atoms with Crippen LogP contribution >= 0.6 is 0 Å². The number of carbonyl (C=O) groups excluding carboxylic acids is 2. The molecule has 37 heavy (non-hydrogen) atoms. The molecule has 10 nitrogen and oxygen atoms in total. The van der Waals surface area contributed by atoms with E-state index >= 15 is 0 Å². The van der Waals surface area contributed by atoms with Gasteiger partial charge in [-0.3, -0.25) is 24.4 Å². The summed E-state index contributed by atoms with van der Waals surface area (Å²) < 4.78 is 11.0. The summed E-state index contributed by atoms with van der Waals surface area (Å²) >= 11 is 0. The minimum absolute atomic E-state index is 0.0913. The summed E-state index contributed by atoms with van der Waals surface area (Å²) in [6, 6.07) is 6.49.